The average molecular weight is 267 g/mol. The van der Waals surface area contributed by atoms with Gasteiger partial charge in [-0.2, -0.15) is 0 Å². The third-order valence-corrected chi connectivity index (χ3v) is 3.21. The third kappa shape index (κ3) is 3.65. The van der Waals surface area contributed by atoms with Gasteiger partial charge in [0.1, 0.15) is 10.8 Å². The van der Waals surface area contributed by atoms with Crippen molar-refractivity contribution in [3.05, 3.63) is 23.9 Å². The normalized spacial score (nSPS) is 10.7. The monoisotopic (exact) mass is 267 g/mol. The number of aromatic nitrogens is 1. The minimum atomic E-state index is 0.107. The molecule has 0 radical (unpaired) electrons. The van der Waals surface area contributed by atoms with E-state index in [1.807, 2.05) is 12.1 Å². The molecule has 0 aliphatic carbocycles. The number of anilines is 1. The van der Waals surface area contributed by atoms with Crippen molar-refractivity contribution in [2.24, 2.45) is 5.73 Å². The molecule has 1 heterocycles. The molecule has 1 aromatic heterocycles. The van der Waals surface area contributed by atoms with Crippen LogP contribution in [0.1, 0.15) is 32.4 Å². The Morgan fingerprint density at radius 3 is 2.61 bits per heavy atom. The summed E-state index contributed by atoms with van der Waals surface area (Å²) >= 11 is 4.94. The Labute approximate surface area is 114 Å². The number of pyridine rings is 1. The largest absolute Gasteiger partial charge is 0.395 e. The van der Waals surface area contributed by atoms with E-state index in [1.54, 1.807) is 6.07 Å². The van der Waals surface area contributed by atoms with Gasteiger partial charge in [0.15, 0.2) is 0 Å². The number of hydrogen-bond acceptors (Lipinski definition) is 4. The summed E-state index contributed by atoms with van der Waals surface area (Å²) in [4.78, 5) is 6.87. The summed E-state index contributed by atoms with van der Waals surface area (Å²) in [6.07, 6.45) is 2.02. The Morgan fingerprint density at radius 1 is 1.44 bits per heavy atom. The maximum Gasteiger partial charge on any atom is 0.129 e. The van der Waals surface area contributed by atoms with Gasteiger partial charge in [0.2, 0.25) is 0 Å². The van der Waals surface area contributed by atoms with Gasteiger partial charge in [-0.25, -0.2) is 4.98 Å². The predicted molar refractivity (Wildman–Crippen MR) is 78.9 cm³/mol. The van der Waals surface area contributed by atoms with Crippen molar-refractivity contribution in [3.63, 3.8) is 0 Å². The van der Waals surface area contributed by atoms with Crippen molar-refractivity contribution < 1.29 is 5.11 Å². The summed E-state index contributed by atoms with van der Waals surface area (Å²) in [5.74, 6) is 0.822. The van der Waals surface area contributed by atoms with Gasteiger partial charge in [-0.3, -0.25) is 0 Å². The van der Waals surface area contributed by atoms with Crippen LogP contribution in [0.3, 0.4) is 0 Å². The van der Waals surface area contributed by atoms with E-state index < -0.39 is 0 Å². The maximum atomic E-state index is 9.20. The number of hydrogen-bond donors (Lipinski definition) is 2. The van der Waals surface area contributed by atoms with Crippen LogP contribution in [0.5, 0.6) is 0 Å². The van der Waals surface area contributed by atoms with Gasteiger partial charge in [-0.05, 0) is 25.0 Å². The van der Waals surface area contributed by atoms with E-state index in [0.29, 0.717) is 23.3 Å². The lowest BCUT2D eigenvalue weighted by molar-refractivity contribution is 0.295. The lowest BCUT2D eigenvalue weighted by Crippen LogP contribution is -2.37. The van der Waals surface area contributed by atoms with E-state index in [1.165, 1.54) is 0 Å². The second-order valence-electron chi connectivity index (χ2n) is 4.13. The Hall–Kier alpha value is -1.20. The minimum absolute atomic E-state index is 0.107. The molecule has 0 saturated carbocycles. The zero-order chi connectivity index (χ0) is 13.5. The van der Waals surface area contributed by atoms with Crippen LogP contribution in [-0.2, 0) is 0 Å². The molecule has 4 nitrogen and oxygen atoms in total. The van der Waals surface area contributed by atoms with Gasteiger partial charge in [0, 0.05) is 12.6 Å². The van der Waals surface area contributed by atoms with Crippen LogP contribution < -0.4 is 10.6 Å². The van der Waals surface area contributed by atoms with Crippen molar-refractivity contribution in [3.8, 4) is 0 Å². The summed E-state index contributed by atoms with van der Waals surface area (Å²) in [5, 5.41) is 9.20. The lowest BCUT2D eigenvalue weighted by Gasteiger charge is -2.31. The second kappa shape index (κ2) is 7.28. The van der Waals surface area contributed by atoms with E-state index in [2.05, 4.69) is 23.7 Å². The molecule has 0 unspecified atom stereocenters. The molecule has 100 valence electrons. The molecular formula is C13H21N3OS. The average Bonchev–Trinajstić information content (AvgIpc) is 2.39. The number of rotatable bonds is 7. The molecule has 0 bridgehead atoms. The van der Waals surface area contributed by atoms with Crippen LogP contribution in [0.15, 0.2) is 18.2 Å². The summed E-state index contributed by atoms with van der Waals surface area (Å²) in [6.45, 7) is 4.95. The first-order valence-electron chi connectivity index (χ1n) is 6.28. The Morgan fingerprint density at radius 2 is 2.11 bits per heavy atom. The highest BCUT2D eigenvalue weighted by Gasteiger charge is 2.16. The molecule has 18 heavy (non-hydrogen) atoms. The molecule has 0 aliphatic rings. The lowest BCUT2D eigenvalue weighted by atomic mass is 10.1. The van der Waals surface area contributed by atoms with Gasteiger partial charge in [0.25, 0.3) is 0 Å². The van der Waals surface area contributed by atoms with Crippen molar-refractivity contribution >= 4 is 23.0 Å². The Balaban J connectivity index is 3.04. The summed E-state index contributed by atoms with van der Waals surface area (Å²) in [7, 11) is 0. The molecule has 0 amide bonds. The first-order valence-corrected chi connectivity index (χ1v) is 6.69. The van der Waals surface area contributed by atoms with Gasteiger partial charge in [0.05, 0.1) is 12.3 Å². The van der Waals surface area contributed by atoms with Crippen molar-refractivity contribution in [1.29, 1.82) is 0 Å². The minimum Gasteiger partial charge on any atom is -0.395 e. The quantitative estimate of drug-likeness (QED) is 0.736. The summed E-state index contributed by atoms with van der Waals surface area (Å²) < 4.78 is 0. The number of aliphatic hydroxyl groups is 1. The molecule has 0 aromatic carbocycles. The molecule has 0 saturated heterocycles. The first-order chi connectivity index (χ1) is 8.63. The van der Waals surface area contributed by atoms with Gasteiger partial charge >= 0.3 is 0 Å². The predicted octanol–water partition coefficient (Wildman–Crippen LogP) is 1.70. The molecule has 1 rings (SSSR count). The zero-order valence-electron chi connectivity index (χ0n) is 11.0. The van der Waals surface area contributed by atoms with Crippen LogP contribution in [0.4, 0.5) is 5.82 Å². The van der Waals surface area contributed by atoms with Crippen molar-refractivity contribution in [2.45, 2.75) is 32.7 Å². The first kappa shape index (κ1) is 14.9. The summed E-state index contributed by atoms with van der Waals surface area (Å²) in [6, 6.07) is 5.99. The fourth-order valence-corrected chi connectivity index (χ4v) is 2.16. The van der Waals surface area contributed by atoms with E-state index >= 15 is 0 Å². The Bertz CT molecular complexity index is 394. The van der Waals surface area contributed by atoms with Crippen LogP contribution in [-0.4, -0.2) is 34.3 Å². The topological polar surface area (TPSA) is 62.4 Å². The fourth-order valence-electron chi connectivity index (χ4n) is 2.04. The standard InChI is InChI=1S/C13H21N3OS/c1-3-10(4-2)16(8-9-17)12-7-5-6-11(15-12)13(14)18/h5-7,10,17H,3-4,8-9H2,1-2H3,(H2,14,18). The Kier molecular flexibility index (Phi) is 6.01. The molecule has 0 spiro atoms. The molecule has 0 fully saturated rings. The maximum absolute atomic E-state index is 9.20. The second-order valence-corrected chi connectivity index (χ2v) is 4.57. The molecule has 5 heteroatoms. The zero-order valence-corrected chi connectivity index (χ0v) is 11.8. The highest BCUT2D eigenvalue weighted by atomic mass is 32.1. The van der Waals surface area contributed by atoms with Gasteiger partial charge < -0.3 is 15.7 Å². The summed E-state index contributed by atoms with van der Waals surface area (Å²) in [5.41, 5.74) is 6.22. The molecular weight excluding hydrogens is 246 g/mol. The molecule has 0 aliphatic heterocycles. The van der Waals surface area contributed by atoms with Crippen molar-refractivity contribution in [2.75, 3.05) is 18.1 Å². The van der Waals surface area contributed by atoms with Gasteiger partial charge in [-0.1, -0.05) is 32.1 Å². The van der Waals surface area contributed by atoms with Crippen LogP contribution >= 0.6 is 12.2 Å². The molecule has 0 atom stereocenters. The SMILES string of the molecule is CCC(CC)N(CCO)c1cccc(C(N)=S)n1. The highest BCUT2D eigenvalue weighted by molar-refractivity contribution is 7.80. The van der Waals surface area contributed by atoms with Gasteiger partial charge in [-0.15, -0.1) is 0 Å². The number of aliphatic hydroxyl groups excluding tert-OH is 1. The number of nitrogens with two attached hydrogens (primary N) is 1. The van der Waals surface area contributed by atoms with Crippen molar-refractivity contribution in [1.82, 2.24) is 4.98 Å². The number of nitrogens with zero attached hydrogens (tertiary/aromatic N) is 2. The third-order valence-electron chi connectivity index (χ3n) is 3.01. The van der Waals surface area contributed by atoms with Crippen LogP contribution in [0.2, 0.25) is 0 Å². The molecule has 1 aromatic rings. The van der Waals surface area contributed by atoms with Crippen LogP contribution in [0, 0.1) is 0 Å². The fraction of sp³-hybridized carbons (Fsp3) is 0.538. The number of thiocarbonyl (C=S) groups is 1. The van der Waals surface area contributed by atoms with E-state index in [4.69, 9.17) is 18.0 Å². The van der Waals surface area contributed by atoms with E-state index in [-0.39, 0.29) is 6.61 Å². The van der Waals surface area contributed by atoms with Crippen LogP contribution in [0.25, 0.3) is 0 Å². The highest BCUT2D eigenvalue weighted by Crippen LogP contribution is 2.18. The van der Waals surface area contributed by atoms with E-state index in [9.17, 15) is 5.11 Å². The van der Waals surface area contributed by atoms with E-state index in [0.717, 1.165) is 18.7 Å². The molecule has 3 N–H and O–H groups in total. The smallest absolute Gasteiger partial charge is 0.129 e.